The van der Waals surface area contributed by atoms with Crippen LogP contribution in [0, 0.1) is 37.1 Å². The van der Waals surface area contributed by atoms with Crippen molar-refractivity contribution in [1.82, 2.24) is 0 Å². The Bertz CT molecular complexity index is 1220. The van der Waals surface area contributed by atoms with Gasteiger partial charge in [-0.05, 0) is 53.8 Å². The molecule has 9 heteroatoms. The zero-order valence-electron chi connectivity index (χ0n) is 17.3. The Morgan fingerprint density at radius 3 is 1.97 bits per heavy atom. The Labute approximate surface area is 189 Å². The van der Waals surface area contributed by atoms with Gasteiger partial charge in [0.2, 0.25) is 0 Å². The summed E-state index contributed by atoms with van der Waals surface area (Å²) in [6, 6.07) is 10.4. The van der Waals surface area contributed by atoms with Crippen LogP contribution in [0.3, 0.4) is 0 Å². The van der Waals surface area contributed by atoms with Crippen LogP contribution in [0.4, 0.5) is 30.7 Å². The molecule has 33 heavy (non-hydrogen) atoms. The van der Waals surface area contributed by atoms with Gasteiger partial charge in [-0.1, -0.05) is 35.9 Å². The molecule has 0 aliphatic heterocycles. The minimum Gasteiger partial charge on any atom is -0.299 e. The highest BCUT2D eigenvalue weighted by Gasteiger charge is 2.42. The summed E-state index contributed by atoms with van der Waals surface area (Å²) in [5.74, 6) is -10.5. The van der Waals surface area contributed by atoms with Crippen molar-refractivity contribution in [2.45, 2.75) is 32.9 Å². The van der Waals surface area contributed by atoms with Crippen molar-refractivity contribution in [3.05, 3.63) is 92.5 Å². The molecule has 0 spiro atoms. The molecule has 0 radical (unpaired) electrons. The van der Waals surface area contributed by atoms with Crippen molar-refractivity contribution in [2.75, 3.05) is 0 Å². The topological polar surface area (TPSA) is 17.1 Å². The second-order valence-corrected chi connectivity index (χ2v) is 8.04. The van der Waals surface area contributed by atoms with Gasteiger partial charge >= 0.3 is 6.18 Å². The predicted molar refractivity (Wildman–Crippen MR) is 110 cm³/mol. The second kappa shape index (κ2) is 9.17. The van der Waals surface area contributed by atoms with Crippen LogP contribution in [0.15, 0.2) is 36.4 Å². The number of aryl methyl sites for hydroxylation is 2. The number of hydrogen-bond acceptors (Lipinski definition) is 1. The summed E-state index contributed by atoms with van der Waals surface area (Å²) >= 11 is 6.05. The normalized spacial score (nSPS) is 11.7. The number of ketones is 1. The number of carbonyl (C=O) groups is 1. The number of alkyl halides is 3. The standard InChI is InChI=1S/C24H16ClF7O/c1-11-3-5-13(17-9-15(25)6-4-12(17)2)7-14(11)8-16(33)10-18-20(26)22(28)19(24(30,31)32)23(29)21(18)27/h3-7,9H,8,10H2,1-2H3. The maximum Gasteiger partial charge on any atom is 0.422 e. The molecule has 3 aromatic carbocycles. The summed E-state index contributed by atoms with van der Waals surface area (Å²) in [7, 11) is 0. The van der Waals surface area contributed by atoms with Crippen LogP contribution in [0.25, 0.3) is 11.1 Å². The molecule has 0 aliphatic rings. The molecule has 0 bridgehead atoms. The van der Waals surface area contributed by atoms with Gasteiger partial charge < -0.3 is 0 Å². The van der Waals surface area contributed by atoms with Crippen molar-refractivity contribution < 1.29 is 35.5 Å². The summed E-state index contributed by atoms with van der Waals surface area (Å²) in [5, 5.41) is 0.492. The quantitative estimate of drug-likeness (QED) is 0.267. The lowest BCUT2D eigenvalue weighted by molar-refractivity contribution is -0.143. The first kappa shape index (κ1) is 24.8. The molecule has 3 rings (SSSR count). The number of halogens is 8. The van der Waals surface area contributed by atoms with Crippen LogP contribution in [-0.2, 0) is 23.8 Å². The zero-order valence-corrected chi connectivity index (χ0v) is 18.1. The van der Waals surface area contributed by atoms with E-state index in [0.717, 1.165) is 11.1 Å². The van der Waals surface area contributed by atoms with Crippen molar-refractivity contribution in [3.63, 3.8) is 0 Å². The SMILES string of the molecule is Cc1ccc(-c2cc(Cl)ccc2C)cc1CC(=O)Cc1c(F)c(F)c(C(F)(F)F)c(F)c1F. The van der Waals surface area contributed by atoms with Crippen LogP contribution < -0.4 is 0 Å². The molecule has 0 saturated carbocycles. The summed E-state index contributed by atoms with van der Waals surface area (Å²) in [6.07, 6.45) is -7.12. The highest BCUT2D eigenvalue weighted by molar-refractivity contribution is 6.30. The molecular weight excluding hydrogens is 473 g/mol. The number of rotatable bonds is 5. The van der Waals surface area contributed by atoms with Crippen molar-refractivity contribution in [1.29, 1.82) is 0 Å². The monoisotopic (exact) mass is 488 g/mol. The van der Waals surface area contributed by atoms with E-state index in [1.54, 1.807) is 37.3 Å². The van der Waals surface area contributed by atoms with Gasteiger partial charge in [-0.15, -0.1) is 0 Å². The van der Waals surface area contributed by atoms with Crippen molar-refractivity contribution in [3.8, 4) is 11.1 Å². The molecule has 3 aromatic rings. The maximum atomic E-state index is 14.1. The fourth-order valence-corrected chi connectivity index (χ4v) is 3.66. The van der Waals surface area contributed by atoms with Gasteiger partial charge in [-0.3, -0.25) is 4.79 Å². The van der Waals surface area contributed by atoms with Gasteiger partial charge in [-0.2, -0.15) is 13.2 Å². The molecule has 0 atom stereocenters. The summed E-state index contributed by atoms with van der Waals surface area (Å²) in [4.78, 5) is 12.5. The molecule has 0 amide bonds. The molecule has 1 nitrogen and oxygen atoms in total. The third-order valence-corrected chi connectivity index (χ3v) is 5.49. The average Bonchev–Trinajstić information content (AvgIpc) is 2.72. The first-order valence-corrected chi connectivity index (χ1v) is 9.98. The van der Waals surface area contributed by atoms with Crippen LogP contribution >= 0.6 is 11.6 Å². The van der Waals surface area contributed by atoms with Crippen LogP contribution in [0.2, 0.25) is 5.02 Å². The van der Waals surface area contributed by atoms with Gasteiger partial charge in [0, 0.05) is 23.4 Å². The third kappa shape index (κ3) is 5.05. The van der Waals surface area contributed by atoms with E-state index < -0.39 is 52.8 Å². The van der Waals surface area contributed by atoms with E-state index in [9.17, 15) is 35.5 Å². The van der Waals surface area contributed by atoms with Gasteiger partial charge in [-0.25, -0.2) is 17.6 Å². The number of benzene rings is 3. The Balaban J connectivity index is 1.93. The van der Waals surface area contributed by atoms with Crippen LogP contribution in [0.5, 0.6) is 0 Å². The Morgan fingerprint density at radius 1 is 0.818 bits per heavy atom. The number of Topliss-reactive ketones (excluding diaryl/α,β-unsaturated/α-hetero) is 1. The van der Waals surface area contributed by atoms with E-state index in [1.165, 1.54) is 0 Å². The number of hydrogen-bond donors (Lipinski definition) is 0. The van der Waals surface area contributed by atoms with Gasteiger partial charge in [0.15, 0.2) is 23.3 Å². The largest absolute Gasteiger partial charge is 0.422 e. The summed E-state index contributed by atoms with van der Waals surface area (Å²) in [6.45, 7) is 3.55. The molecule has 0 heterocycles. The molecule has 174 valence electrons. The van der Waals surface area contributed by atoms with E-state index in [-0.39, 0.29) is 6.42 Å². The third-order valence-electron chi connectivity index (χ3n) is 5.26. The molecule has 0 N–H and O–H groups in total. The highest BCUT2D eigenvalue weighted by atomic mass is 35.5. The predicted octanol–water partition coefficient (Wildman–Crippen LogP) is 7.55. The lowest BCUT2D eigenvalue weighted by Gasteiger charge is -2.14. The first-order chi connectivity index (χ1) is 15.3. The van der Waals surface area contributed by atoms with E-state index in [2.05, 4.69) is 0 Å². The second-order valence-electron chi connectivity index (χ2n) is 7.60. The minimum absolute atomic E-state index is 0.359. The lowest BCUT2D eigenvalue weighted by atomic mass is 9.93. The fraction of sp³-hybridized carbons (Fsp3) is 0.208. The zero-order chi connectivity index (χ0) is 24.7. The Morgan fingerprint density at radius 2 is 1.39 bits per heavy atom. The Kier molecular flexibility index (Phi) is 6.88. The van der Waals surface area contributed by atoms with Gasteiger partial charge in [0.1, 0.15) is 11.3 Å². The molecular formula is C24H16ClF7O. The summed E-state index contributed by atoms with van der Waals surface area (Å²) in [5.41, 5.74) is -0.507. The lowest BCUT2D eigenvalue weighted by Crippen LogP contribution is -2.19. The molecule has 0 saturated heterocycles. The molecule has 0 unspecified atom stereocenters. The Hall–Kier alpha value is -2.87. The van der Waals surface area contributed by atoms with E-state index in [0.29, 0.717) is 21.7 Å². The van der Waals surface area contributed by atoms with E-state index in [1.807, 2.05) is 13.0 Å². The van der Waals surface area contributed by atoms with Crippen LogP contribution in [-0.4, -0.2) is 5.78 Å². The number of carbonyl (C=O) groups excluding carboxylic acids is 1. The van der Waals surface area contributed by atoms with Crippen molar-refractivity contribution in [2.24, 2.45) is 0 Å². The van der Waals surface area contributed by atoms with E-state index in [4.69, 9.17) is 11.6 Å². The molecule has 0 aliphatic carbocycles. The molecule has 0 fully saturated rings. The smallest absolute Gasteiger partial charge is 0.299 e. The van der Waals surface area contributed by atoms with Crippen molar-refractivity contribution >= 4 is 17.4 Å². The first-order valence-electron chi connectivity index (χ1n) is 9.61. The summed E-state index contributed by atoms with van der Waals surface area (Å²) < 4.78 is 94.1. The maximum absolute atomic E-state index is 14.1. The highest BCUT2D eigenvalue weighted by Crippen LogP contribution is 2.37. The average molecular weight is 489 g/mol. The molecule has 0 aromatic heterocycles. The van der Waals surface area contributed by atoms with E-state index >= 15 is 0 Å². The van der Waals surface area contributed by atoms with Gasteiger partial charge in [0.25, 0.3) is 0 Å². The fourth-order valence-electron chi connectivity index (χ4n) is 3.49. The van der Waals surface area contributed by atoms with Gasteiger partial charge in [0.05, 0.1) is 0 Å². The minimum atomic E-state index is -5.64. The van der Waals surface area contributed by atoms with Crippen LogP contribution in [0.1, 0.15) is 27.8 Å².